The van der Waals surface area contributed by atoms with E-state index >= 15 is 0 Å². The standard InChI is InChI=1S/C20H23Cl2N3O/c21-17-8-9-19(18(22)15-17)24-11-13-25(14-12-24)20(26)23-10-4-7-16-5-2-1-3-6-16/h1-3,5-6,8-9,15H,4,7,10-14H2,(H,23,26). The number of urea groups is 1. The summed E-state index contributed by atoms with van der Waals surface area (Å²) in [6, 6.07) is 15.9. The summed E-state index contributed by atoms with van der Waals surface area (Å²) >= 11 is 12.2. The first-order valence-electron chi connectivity index (χ1n) is 8.90. The van der Waals surface area contributed by atoms with Gasteiger partial charge in [-0.2, -0.15) is 0 Å². The zero-order valence-corrected chi connectivity index (χ0v) is 16.1. The third-order valence-corrected chi connectivity index (χ3v) is 5.12. The molecule has 1 saturated heterocycles. The summed E-state index contributed by atoms with van der Waals surface area (Å²) in [4.78, 5) is 16.4. The van der Waals surface area contributed by atoms with Gasteiger partial charge in [0.05, 0.1) is 10.7 Å². The molecule has 0 atom stereocenters. The van der Waals surface area contributed by atoms with Crippen molar-refractivity contribution in [2.75, 3.05) is 37.6 Å². The van der Waals surface area contributed by atoms with E-state index in [1.165, 1.54) is 5.56 Å². The fourth-order valence-corrected chi connectivity index (χ4v) is 3.66. The van der Waals surface area contributed by atoms with Gasteiger partial charge in [0.15, 0.2) is 0 Å². The molecule has 1 N–H and O–H groups in total. The molecule has 0 aliphatic carbocycles. The molecule has 1 fully saturated rings. The Morgan fingerprint density at radius 1 is 1.00 bits per heavy atom. The normalized spacial score (nSPS) is 14.4. The lowest BCUT2D eigenvalue weighted by Crippen LogP contribution is -2.52. The van der Waals surface area contributed by atoms with Crippen LogP contribution >= 0.6 is 23.2 Å². The first-order chi connectivity index (χ1) is 12.6. The minimum Gasteiger partial charge on any atom is -0.367 e. The van der Waals surface area contributed by atoms with E-state index in [2.05, 4.69) is 22.3 Å². The van der Waals surface area contributed by atoms with Gasteiger partial charge in [0.1, 0.15) is 0 Å². The second-order valence-electron chi connectivity index (χ2n) is 6.39. The number of nitrogens with zero attached hydrogens (tertiary/aromatic N) is 2. The molecule has 3 rings (SSSR count). The number of nitrogens with one attached hydrogen (secondary N) is 1. The van der Waals surface area contributed by atoms with E-state index in [0.29, 0.717) is 29.7 Å². The average Bonchev–Trinajstić information content (AvgIpc) is 2.66. The van der Waals surface area contributed by atoms with Crippen LogP contribution in [0.1, 0.15) is 12.0 Å². The van der Waals surface area contributed by atoms with Gasteiger partial charge in [-0.15, -0.1) is 0 Å². The van der Waals surface area contributed by atoms with E-state index in [0.717, 1.165) is 31.6 Å². The van der Waals surface area contributed by atoms with Gasteiger partial charge in [-0.3, -0.25) is 0 Å². The Bertz CT molecular complexity index is 731. The highest BCUT2D eigenvalue weighted by Crippen LogP contribution is 2.29. The number of anilines is 1. The number of rotatable bonds is 5. The number of hydrogen-bond donors (Lipinski definition) is 1. The van der Waals surface area contributed by atoms with Crippen LogP contribution in [-0.4, -0.2) is 43.7 Å². The van der Waals surface area contributed by atoms with E-state index in [1.807, 2.05) is 35.2 Å². The van der Waals surface area contributed by atoms with Gasteiger partial charge in [0, 0.05) is 37.7 Å². The van der Waals surface area contributed by atoms with Crippen molar-refractivity contribution in [1.29, 1.82) is 0 Å². The van der Waals surface area contributed by atoms with E-state index in [-0.39, 0.29) is 6.03 Å². The first kappa shape index (κ1) is 18.9. The Labute approximate surface area is 164 Å². The highest BCUT2D eigenvalue weighted by Gasteiger charge is 2.22. The smallest absolute Gasteiger partial charge is 0.317 e. The largest absolute Gasteiger partial charge is 0.367 e. The Morgan fingerprint density at radius 3 is 2.42 bits per heavy atom. The van der Waals surface area contributed by atoms with Crippen molar-refractivity contribution in [2.45, 2.75) is 12.8 Å². The molecule has 6 heteroatoms. The minimum atomic E-state index is 0.0138. The zero-order valence-electron chi connectivity index (χ0n) is 14.6. The molecule has 138 valence electrons. The van der Waals surface area contributed by atoms with Crippen LogP contribution in [0.2, 0.25) is 10.0 Å². The summed E-state index contributed by atoms with van der Waals surface area (Å²) in [5.41, 5.74) is 2.27. The molecule has 2 aromatic rings. The molecule has 0 bridgehead atoms. The molecular weight excluding hydrogens is 369 g/mol. The molecule has 2 aromatic carbocycles. The maximum absolute atomic E-state index is 12.3. The summed E-state index contributed by atoms with van der Waals surface area (Å²) < 4.78 is 0. The predicted molar refractivity (Wildman–Crippen MR) is 108 cm³/mol. The molecule has 1 aliphatic rings. The molecule has 2 amide bonds. The van der Waals surface area contributed by atoms with Crippen molar-refractivity contribution in [3.63, 3.8) is 0 Å². The van der Waals surface area contributed by atoms with Crippen molar-refractivity contribution in [3.8, 4) is 0 Å². The summed E-state index contributed by atoms with van der Waals surface area (Å²) in [7, 11) is 0. The molecular formula is C20H23Cl2N3O. The van der Waals surface area contributed by atoms with E-state index in [4.69, 9.17) is 23.2 Å². The average molecular weight is 392 g/mol. The van der Waals surface area contributed by atoms with Crippen LogP contribution in [0.5, 0.6) is 0 Å². The van der Waals surface area contributed by atoms with Crippen LogP contribution in [-0.2, 0) is 6.42 Å². The van der Waals surface area contributed by atoms with Gasteiger partial charge < -0.3 is 15.1 Å². The summed E-state index contributed by atoms with van der Waals surface area (Å²) in [6.07, 6.45) is 1.92. The van der Waals surface area contributed by atoms with E-state index in [9.17, 15) is 4.79 Å². The van der Waals surface area contributed by atoms with Crippen molar-refractivity contribution in [3.05, 3.63) is 64.1 Å². The number of benzene rings is 2. The van der Waals surface area contributed by atoms with Gasteiger partial charge in [-0.05, 0) is 36.6 Å². The van der Waals surface area contributed by atoms with Crippen molar-refractivity contribution in [1.82, 2.24) is 10.2 Å². The number of hydrogen-bond acceptors (Lipinski definition) is 2. The van der Waals surface area contributed by atoms with Crippen molar-refractivity contribution in [2.24, 2.45) is 0 Å². The number of amides is 2. The molecule has 26 heavy (non-hydrogen) atoms. The van der Waals surface area contributed by atoms with Crippen LogP contribution in [0.4, 0.5) is 10.5 Å². The Hall–Kier alpha value is -1.91. The molecule has 0 aromatic heterocycles. The topological polar surface area (TPSA) is 35.6 Å². The molecule has 0 saturated carbocycles. The van der Waals surface area contributed by atoms with Crippen LogP contribution in [0.3, 0.4) is 0 Å². The molecule has 1 aliphatic heterocycles. The Morgan fingerprint density at radius 2 is 1.73 bits per heavy atom. The summed E-state index contributed by atoms with van der Waals surface area (Å²) in [6.45, 7) is 3.58. The highest BCUT2D eigenvalue weighted by molar-refractivity contribution is 6.36. The number of piperazine rings is 1. The second kappa shape index (κ2) is 9.15. The lowest BCUT2D eigenvalue weighted by atomic mass is 10.1. The highest BCUT2D eigenvalue weighted by atomic mass is 35.5. The third kappa shape index (κ3) is 5.05. The molecule has 4 nitrogen and oxygen atoms in total. The van der Waals surface area contributed by atoms with Gasteiger partial charge in [0.2, 0.25) is 0 Å². The minimum absolute atomic E-state index is 0.0138. The van der Waals surface area contributed by atoms with Crippen LogP contribution in [0.25, 0.3) is 0 Å². The summed E-state index contributed by atoms with van der Waals surface area (Å²) in [5.74, 6) is 0. The lowest BCUT2D eigenvalue weighted by Gasteiger charge is -2.36. The van der Waals surface area contributed by atoms with Crippen LogP contribution in [0, 0.1) is 0 Å². The number of carbonyl (C=O) groups is 1. The van der Waals surface area contributed by atoms with Crippen LogP contribution < -0.4 is 10.2 Å². The zero-order chi connectivity index (χ0) is 18.4. The summed E-state index contributed by atoms with van der Waals surface area (Å²) in [5, 5.41) is 4.30. The fraction of sp³-hybridized carbons (Fsp3) is 0.350. The third-order valence-electron chi connectivity index (χ3n) is 4.58. The Kier molecular flexibility index (Phi) is 6.64. The Balaban J connectivity index is 1.40. The van der Waals surface area contributed by atoms with Crippen molar-refractivity contribution < 1.29 is 4.79 Å². The first-order valence-corrected chi connectivity index (χ1v) is 9.66. The fourth-order valence-electron chi connectivity index (χ4n) is 3.13. The van der Waals surface area contributed by atoms with Crippen LogP contribution in [0.15, 0.2) is 48.5 Å². The molecule has 0 spiro atoms. The molecule has 0 unspecified atom stereocenters. The SMILES string of the molecule is O=C(NCCCc1ccccc1)N1CCN(c2ccc(Cl)cc2Cl)CC1. The predicted octanol–water partition coefficient (Wildman–Crippen LogP) is 4.46. The number of carbonyl (C=O) groups excluding carboxylic acids is 1. The van der Waals surface area contributed by atoms with Gasteiger partial charge in [-0.1, -0.05) is 53.5 Å². The monoisotopic (exact) mass is 391 g/mol. The van der Waals surface area contributed by atoms with Crippen molar-refractivity contribution >= 4 is 34.9 Å². The maximum Gasteiger partial charge on any atom is 0.317 e. The molecule has 1 heterocycles. The van der Waals surface area contributed by atoms with Gasteiger partial charge >= 0.3 is 6.03 Å². The van der Waals surface area contributed by atoms with E-state index in [1.54, 1.807) is 6.07 Å². The number of aryl methyl sites for hydroxylation is 1. The van der Waals surface area contributed by atoms with E-state index < -0.39 is 0 Å². The molecule has 0 radical (unpaired) electrons. The lowest BCUT2D eigenvalue weighted by molar-refractivity contribution is 0.194. The number of halogens is 2. The van der Waals surface area contributed by atoms with Gasteiger partial charge in [-0.25, -0.2) is 4.79 Å². The van der Waals surface area contributed by atoms with Gasteiger partial charge in [0.25, 0.3) is 0 Å². The quantitative estimate of drug-likeness (QED) is 0.763. The maximum atomic E-state index is 12.3. The second-order valence-corrected chi connectivity index (χ2v) is 7.23.